The Balaban J connectivity index is 3.60. The van der Waals surface area contributed by atoms with E-state index in [9.17, 15) is 14.7 Å². The molecule has 0 aromatic rings. The molecule has 0 aliphatic heterocycles. The van der Waals surface area contributed by atoms with Crippen LogP contribution in [0.2, 0.25) is 0 Å². The third-order valence-corrected chi connectivity index (χ3v) is 4.56. The molecule has 0 aromatic carbocycles. The summed E-state index contributed by atoms with van der Waals surface area (Å²) in [7, 11) is 0. The average molecular weight is 355 g/mol. The average Bonchev–Trinajstić information content (AvgIpc) is 2.57. The molecule has 4 heteroatoms. The SMILES string of the molecule is CCCCCCCC=C(CCCCCCCCCCC(=O)O)C(=O)O. The molecule has 25 heavy (non-hydrogen) atoms. The summed E-state index contributed by atoms with van der Waals surface area (Å²) in [6.07, 6.45) is 18.2. The van der Waals surface area contributed by atoms with Gasteiger partial charge in [-0.05, 0) is 32.1 Å². The first-order chi connectivity index (χ1) is 12.1. The van der Waals surface area contributed by atoms with Crippen molar-refractivity contribution in [3.8, 4) is 0 Å². The Morgan fingerprint density at radius 1 is 0.680 bits per heavy atom. The second-order valence-corrected chi connectivity index (χ2v) is 6.96. The van der Waals surface area contributed by atoms with Gasteiger partial charge in [0.25, 0.3) is 0 Å². The molecule has 0 saturated carbocycles. The van der Waals surface area contributed by atoms with Gasteiger partial charge in [-0.3, -0.25) is 4.79 Å². The summed E-state index contributed by atoms with van der Waals surface area (Å²) in [5.74, 6) is -1.46. The first-order valence-corrected chi connectivity index (χ1v) is 10.2. The monoisotopic (exact) mass is 354 g/mol. The second-order valence-electron chi connectivity index (χ2n) is 6.96. The van der Waals surface area contributed by atoms with Gasteiger partial charge in [0.1, 0.15) is 0 Å². The van der Waals surface area contributed by atoms with Crippen LogP contribution in [0.15, 0.2) is 11.6 Å². The molecule has 0 spiro atoms. The Morgan fingerprint density at radius 2 is 1.16 bits per heavy atom. The van der Waals surface area contributed by atoms with Gasteiger partial charge in [-0.2, -0.15) is 0 Å². The van der Waals surface area contributed by atoms with Crippen LogP contribution in [-0.4, -0.2) is 22.2 Å². The largest absolute Gasteiger partial charge is 0.481 e. The van der Waals surface area contributed by atoms with E-state index in [1.807, 2.05) is 6.08 Å². The minimum absolute atomic E-state index is 0.281. The molecule has 0 aliphatic carbocycles. The van der Waals surface area contributed by atoms with Crippen molar-refractivity contribution in [1.82, 2.24) is 0 Å². The third kappa shape index (κ3) is 17.3. The first-order valence-electron chi connectivity index (χ1n) is 10.2. The molecular weight excluding hydrogens is 316 g/mol. The molecule has 4 nitrogen and oxygen atoms in total. The molecule has 0 saturated heterocycles. The van der Waals surface area contributed by atoms with E-state index in [2.05, 4.69) is 6.92 Å². The summed E-state index contributed by atoms with van der Waals surface area (Å²) in [5, 5.41) is 17.8. The fourth-order valence-electron chi connectivity index (χ4n) is 2.97. The van der Waals surface area contributed by atoms with Gasteiger partial charge in [0.05, 0.1) is 0 Å². The van der Waals surface area contributed by atoms with Gasteiger partial charge in [-0.25, -0.2) is 4.79 Å². The molecule has 0 aromatic heterocycles. The molecule has 0 aliphatic rings. The van der Waals surface area contributed by atoms with Crippen molar-refractivity contribution in [3.63, 3.8) is 0 Å². The van der Waals surface area contributed by atoms with Crippen LogP contribution in [0.4, 0.5) is 0 Å². The van der Waals surface area contributed by atoms with E-state index < -0.39 is 11.9 Å². The normalized spacial score (nSPS) is 11.6. The van der Waals surface area contributed by atoms with Gasteiger partial charge in [0, 0.05) is 12.0 Å². The van der Waals surface area contributed by atoms with Crippen LogP contribution >= 0.6 is 0 Å². The molecule has 0 atom stereocenters. The Labute approximate surface area is 153 Å². The maximum atomic E-state index is 11.3. The van der Waals surface area contributed by atoms with Crippen molar-refractivity contribution >= 4 is 11.9 Å². The topological polar surface area (TPSA) is 74.6 Å². The summed E-state index contributed by atoms with van der Waals surface area (Å²) in [6, 6.07) is 0. The van der Waals surface area contributed by atoms with E-state index in [4.69, 9.17) is 5.11 Å². The molecule has 2 N–H and O–H groups in total. The minimum atomic E-state index is -0.757. The van der Waals surface area contributed by atoms with Gasteiger partial charge < -0.3 is 10.2 Å². The summed E-state index contributed by atoms with van der Waals surface area (Å²) in [4.78, 5) is 21.7. The lowest BCUT2D eigenvalue weighted by atomic mass is 10.0. The van der Waals surface area contributed by atoms with Crippen molar-refractivity contribution in [1.29, 1.82) is 0 Å². The van der Waals surface area contributed by atoms with Crippen LogP contribution in [-0.2, 0) is 9.59 Å². The van der Waals surface area contributed by atoms with E-state index in [1.165, 1.54) is 25.7 Å². The molecular formula is C21H38O4. The smallest absolute Gasteiger partial charge is 0.331 e. The zero-order valence-electron chi connectivity index (χ0n) is 16.1. The van der Waals surface area contributed by atoms with Crippen LogP contribution < -0.4 is 0 Å². The minimum Gasteiger partial charge on any atom is -0.481 e. The zero-order valence-corrected chi connectivity index (χ0v) is 16.1. The number of carbonyl (C=O) groups is 2. The van der Waals surface area contributed by atoms with Crippen molar-refractivity contribution in [2.75, 3.05) is 0 Å². The van der Waals surface area contributed by atoms with Crippen molar-refractivity contribution in [3.05, 3.63) is 11.6 Å². The molecule has 0 rings (SSSR count). The highest BCUT2D eigenvalue weighted by molar-refractivity contribution is 5.86. The highest BCUT2D eigenvalue weighted by Crippen LogP contribution is 2.15. The fraction of sp³-hybridized carbons (Fsp3) is 0.810. The number of hydrogen-bond acceptors (Lipinski definition) is 2. The lowest BCUT2D eigenvalue weighted by Gasteiger charge is -2.04. The highest BCUT2D eigenvalue weighted by Gasteiger charge is 2.06. The molecule has 0 radical (unpaired) electrons. The molecule has 0 bridgehead atoms. The fourth-order valence-corrected chi connectivity index (χ4v) is 2.97. The predicted octanol–water partition coefficient (Wildman–Crippen LogP) is 6.34. The van der Waals surface area contributed by atoms with Gasteiger partial charge >= 0.3 is 11.9 Å². The van der Waals surface area contributed by atoms with Gasteiger partial charge in [0.15, 0.2) is 0 Å². The quantitative estimate of drug-likeness (QED) is 0.222. The summed E-state index contributed by atoms with van der Waals surface area (Å²) >= 11 is 0. The van der Waals surface area contributed by atoms with E-state index in [0.717, 1.165) is 64.2 Å². The molecule has 0 fully saturated rings. The number of carboxylic acid groups (broad SMARTS) is 2. The lowest BCUT2D eigenvalue weighted by Crippen LogP contribution is -2.00. The second kappa shape index (κ2) is 17.5. The Hall–Kier alpha value is -1.32. The Morgan fingerprint density at radius 3 is 1.68 bits per heavy atom. The number of hydrogen-bond donors (Lipinski definition) is 2. The van der Waals surface area contributed by atoms with Crippen molar-refractivity contribution in [2.24, 2.45) is 0 Å². The van der Waals surface area contributed by atoms with Crippen LogP contribution in [0.3, 0.4) is 0 Å². The first kappa shape index (κ1) is 23.7. The summed E-state index contributed by atoms with van der Waals surface area (Å²) in [5.41, 5.74) is 0.587. The molecule has 146 valence electrons. The van der Waals surface area contributed by atoms with E-state index in [0.29, 0.717) is 12.0 Å². The van der Waals surface area contributed by atoms with Crippen LogP contribution in [0.1, 0.15) is 110 Å². The number of rotatable bonds is 18. The standard InChI is InChI=1S/C21H38O4/c1-2-3-4-5-10-13-16-19(21(24)25)17-14-11-8-6-7-9-12-15-18-20(22)23/h16H,2-15,17-18H2,1H3,(H,22,23)(H,24,25). The van der Waals surface area contributed by atoms with Crippen LogP contribution in [0.5, 0.6) is 0 Å². The molecule has 0 heterocycles. The highest BCUT2D eigenvalue weighted by atomic mass is 16.4. The summed E-state index contributed by atoms with van der Waals surface area (Å²) in [6.45, 7) is 2.20. The summed E-state index contributed by atoms with van der Waals surface area (Å²) < 4.78 is 0. The Bertz CT molecular complexity index is 374. The van der Waals surface area contributed by atoms with Crippen LogP contribution in [0.25, 0.3) is 0 Å². The van der Waals surface area contributed by atoms with E-state index in [1.54, 1.807) is 0 Å². The predicted molar refractivity (Wildman–Crippen MR) is 103 cm³/mol. The van der Waals surface area contributed by atoms with Gasteiger partial charge in [-0.1, -0.05) is 77.2 Å². The molecule has 0 unspecified atom stereocenters. The van der Waals surface area contributed by atoms with Gasteiger partial charge in [0.2, 0.25) is 0 Å². The number of carboxylic acids is 2. The number of aliphatic carboxylic acids is 2. The van der Waals surface area contributed by atoms with Gasteiger partial charge in [-0.15, -0.1) is 0 Å². The van der Waals surface area contributed by atoms with E-state index in [-0.39, 0.29) is 6.42 Å². The van der Waals surface area contributed by atoms with Crippen molar-refractivity contribution < 1.29 is 19.8 Å². The molecule has 0 amide bonds. The third-order valence-electron chi connectivity index (χ3n) is 4.56. The van der Waals surface area contributed by atoms with Crippen molar-refractivity contribution in [2.45, 2.75) is 110 Å². The lowest BCUT2D eigenvalue weighted by molar-refractivity contribution is -0.137. The van der Waals surface area contributed by atoms with E-state index >= 15 is 0 Å². The van der Waals surface area contributed by atoms with Crippen LogP contribution in [0, 0.1) is 0 Å². The maximum absolute atomic E-state index is 11.3. The number of allylic oxidation sites excluding steroid dienone is 1. The Kier molecular flexibility index (Phi) is 16.6. The maximum Gasteiger partial charge on any atom is 0.331 e. The zero-order chi connectivity index (χ0) is 18.8. The number of unbranched alkanes of at least 4 members (excludes halogenated alkanes) is 12.